The van der Waals surface area contributed by atoms with Crippen molar-refractivity contribution in [2.24, 2.45) is 0 Å². The number of hydrogen-bond acceptors (Lipinski definition) is 2. The number of rotatable bonds is 4. The first-order chi connectivity index (χ1) is 8.31. The van der Waals surface area contributed by atoms with Gasteiger partial charge in [0, 0.05) is 22.7 Å². The summed E-state index contributed by atoms with van der Waals surface area (Å²) in [5.74, 6) is 0. The summed E-state index contributed by atoms with van der Waals surface area (Å²) in [5.41, 5.74) is 1.40. The number of nitrogens with zero attached hydrogens (tertiary/aromatic N) is 1. The van der Waals surface area contributed by atoms with Crippen molar-refractivity contribution >= 4 is 28.3 Å². The fraction of sp³-hybridized carbons (Fsp3) is 0.571. The van der Waals surface area contributed by atoms with Gasteiger partial charge in [0.05, 0.1) is 5.69 Å². The van der Waals surface area contributed by atoms with Crippen molar-refractivity contribution in [2.45, 2.75) is 32.2 Å². The lowest BCUT2D eigenvalue weighted by Gasteiger charge is -2.35. The smallest absolute Gasteiger partial charge is 0.0502 e. The molecule has 0 radical (unpaired) electrons. The molecule has 0 saturated carbocycles. The molecule has 2 rings (SSSR count). The van der Waals surface area contributed by atoms with E-state index in [1.54, 1.807) is 0 Å². The van der Waals surface area contributed by atoms with E-state index in [1.807, 2.05) is 0 Å². The van der Waals surface area contributed by atoms with Crippen LogP contribution in [0.25, 0.3) is 0 Å². The number of benzene rings is 1. The molecule has 0 amide bonds. The molecule has 1 saturated heterocycles. The second kappa shape index (κ2) is 6.59. The molecule has 17 heavy (non-hydrogen) atoms. The molecule has 1 aromatic carbocycles. The number of hydrogen-bond donors (Lipinski definition) is 1. The fourth-order valence-electron chi connectivity index (χ4n) is 2.42. The molecule has 1 fully saturated rings. The van der Waals surface area contributed by atoms with Crippen LogP contribution in [0.1, 0.15) is 26.2 Å². The number of anilines is 1. The Balaban J connectivity index is 1.99. The van der Waals surface area contributed by atoms with E-state index in [1.165, 1.54) is 35.1 Å². The van der Waals surface area contributed by atoms with Crippen LogP contribution >= 0.6 is 22.6 Å². The van der Waals surface area contributed by atoms with Gasteiger partial charge >= 0.3 is 0 Å². The van der Waals surface area contributed by atoms with Gasteiger partial charge < -0.3 is 10.2 Å². The second-order valence-corrected chi connectivity index (χ2v) is 5.85. The molecule has 1 heterocycles. The van der Waals surface area contributed by atoms with Crippen LogP contribution in [-0.2, 0) is 0 Å². The van der Waals surface area contributed by atoms with Crippen LogP contribution < -0.4 is 10.2 Å². The van der Waals surface area contributed by atoms with Crippen molar-refractivity contribution in [1.29, 1.82) is 0 Å². The van der Waals surface area contributed by atoms with Gasteiger partial charge in [0.1, 0.15) is 0 Å². The van der Waals surface area contributed by atoms with Crippen LogP contribution in [-0.4, -0.2) is 25.7 Å². The van der Waals surface area contributed by atoms with E-state index in [9.17, 15) is 0 Å². The van der Waals surface area contributed by atoms with Crippen molar-refractivity contribution in [3.63, 3.8) is 0 Å². The summed E-state index contributed by atoms with van der Waals surface area (Å²) in [7, 11) is 0. The molecule has 94 valence electrons. The number of halogens is 1. The average molecular weight is 344 g/mol. The van der Waals surface area contributed by atoms with Gasteiger partial charge in [0.25, 0.3) is 0 Å². The molecule has 1 N–H and O–H groups in total. The minimum Gasteiger partial charge on any atom is -0.369 e. The highest BCUT2D eigenvalue weighted by atomic mass is 127. The summed E-state index contributed by atoms with van der Waals surface area (Å²) >= 11 is 2.44. The summed E-state index contributed by atoms with van der Waals surface area (Å²) < 4.78 is 1.36. The minimum absolute atomic E-state index is 0.666. The Morgan fingerprint density at radius 1 is 1.41 bits per heavy atom. The molecule has 3 heteroatoms. The largest absolute Gasteiger partial charge is 0.369 e. The van der Waals surface area contributed by atoms with Crippen LogP contribution in [0.4, 0.5) is 5.69 Å². The van der Waals surface area contributed by atoms with Gasteiger partial charge in [-0.1, -0.05) is 19.1 Å². The Morgan fingerprint density at radius 3 is 3.00 bits per heavy atom. The van der Waals surface area contributed by atoms with Crippen LogP contribution in [0.15, 0.2) is 24.3 Å². The third kappa shape index (κ3) is 3.58. The third-order valence-corrected chi connectivity index (χ3v) is 4.21. The van der Waals surface area contributed by atoms with Crippen LogP contribution in [0.5, 0.6) is 0 Å². The molecular formula is C14H21IN2. The lowest BCUT2D eigenvalue weighted by molar-refractivity contribution is 0.423. The number of piperidine rings is 1. The van der Waals surface area contributed by atoms with Gasteiger partial charge in [-0.25, -0.2) is 0 Å². The van der Waals surface area contributed by atoms with E-state index in [-0.39, 0.29) is 0 Å². The first-order valence-electron chi connectivity index (χ1n) is 6.54. The van der Waals surface area contributed by atoms with Gasteiger partial charge in [-0.15, -0.1) is 0 Å². The van der Waals surface area contributed by atoms with E-state index in [4.69, 9.17) is 0 Å². The molecule has 2 nitrogen and oxygen atoms in total. The predicted molar refractivity (Wildman–Crippen MR) is 82.7 cm³/mol. The van der Waals surface area contributed by atoms with E-state index < -0.39 is 0 Å². The van der Waals surface area contributed by atoms with Crippen molar-refractivity contribution in [1.82, 2.24) is 5.32 Å². The van der Waals surface area contributed by atoms with Crippen molar-refractivity contribution in [3.8, 4) is 0 Å². The van der Waals surface area contributed by atoms with E-state index in [0.29, 0.717) is 6.04 Å². The standard InChI is InChI=1S/C14H21IN2/c1-2-9-16-12-6-5-10-17(11-12)14-8-4-3-7-13(14)15/h3-4,7-8,12,16H,2,5-6,9-11H2,1H3. The van der Waals surface area contributed by atoms with E-state index in [2.05, 4.69) is 64.0 Å². The predicted octanol–water partition coefficient (Wildman–Crippen LogP) is 3.26. The molecular weight excluding hydrogens is 323 g/mol. The van der Waals surface area contributed by atoms with Crippen LogP contribution in [0.3, 0.4) is 0 Å². The van der Waals surface area contributed by atoms with E-state index in [0.717, 1.165) is 13.1 Å². The third-order valence-electron chi connectivity index (χ3n) is 3.30. The second-order valence-electron chi connectivity index (χ2n) is 4.69. The maximum Gasteiger partial charge on any atom is 0.0502 e. The Kier molecular flexibility index (Phi) is 5.10. The number of para-hydroxylation sites is 1. The summed E-state index contributed by atoms with van der Waals surface area (Å²) in [4.78, 5) is 2.53. The highest BCUT2D eigenvalue weighted by molar-refractivity contribution is 14.1. The Hall–Kier alpha value is -0.290. The average Bonchev–Trinajstić information content (AvgIpc) is 2.37. The zero-order chi connectivity index (χ0) is 12.1. The van der Waals surface area contributed by atoms with Gasteiger partial charge in [0.2, 0.25) is 0 Å². The molecule has 0 spiro atoms. The molecule has 1 aromatic rings. The molecule has 0 aliphatic carbocycles. The zero-order valence-corrected chi connectivity index (χ0v) is 12.6. The highest BCUT2D eigenvalue weighted by Crippen LogP contribution is 2.25. The van der Waals surface area contributed by atoms with Crippen molar-refractivity contribution < 1.29 is 0 Å². The summed E-state index contributed by atoms with van der Waals surface area (Å²) in [6, 6.07) is 9.35. The molecule has 0 aromatic heterocycles. The van der Waals surface area contributed by atoms with Gasteiger partial charge in [-0.05, 0) is 60.5 Å². The van der Waals surface area contributed by atoms with Crippen LogP contribution in [0.2, 0.25) is 0 Å². The SMILES string of the molecule is CCCNC1CCCN(c2ccccc2I)C1. The molecule has 0 bridgehead atoms. The topological polar surface area (TPSA) is 15.3 Å². The first kappa shape index (κ1) is 13.1. The Bertz CT molecular complexity index is 354. The lowest BCUT2D eigenvalue weighted by atomic mass is 10.0. The molecule has 1 atom stereocenters. The first-order valence-corrected chi connectivity index (χ1v) is 7.62. The quantitative estimate of drug-likeness (QED) is 0.844. The number of nitrogens with one attached hydrogen (secondary N) is 1. The summed E-state index contributed by atoms with van der Waals surface area (Å²) in [6.45, 7) is 5.72. The van der Waals surface area contributed by atoms with Gasteiger partial charge in [0.15, 0.2) is 0 Å². The summed E-state index contributed by atoms with van der Waals surface area (Å²) in [5, 5.41) is 3.65. The highest BCUT2D eigenvalue weighted by Gasteiger charge is 2.20. The molecule has 1 unspecified atom stereocenters. The maximum atomic E-state index is 3.65. The fourth-order valence-corrected chi connectivity index (χ4v) is 3.15. The minimum atomic E-state index is 0.666. The zero-order valence-electron chi connectivity index (χ0n) is 10.5. The normalized spacial score (nSPS) is 20.6. The van der Waals surface area contributed by atoms with Crippen molar-refractivity contribution in [2.75, 3.05) is 24.5 Å². The van der Waals surface area contributed by atoms with Gasteiger partial charge in [-0.3, -0.25) is 0 Å². The Morgan fingerprint density at radius 2 is 2.24 bits per heavy atom. The molecule has 1 aliphatic rings. The molecule has 1 aliphatic heterocycles. The monoisotopic (exact) mass is 344 g/mol. The maximum absolute atomic E-state index is 3.65. The van der Waals surface area contributed by atoms with Crippen LogP contribution in [0, 0.1) is 3.57 Å². The Labute approximate surface area is 118 Å². The van der Waals surface area contributed by atoms with Crippen molar-refractivity contribution in [3.05, 3.63) is 27.8 Å². The summed E-state index contributed by atoms with van der Waals surface area (Å²) in [6.07, 6.45) is 3.84. The lowest BCUT2D eigenvalue weighted by Crippen LogP contribution is -2.46. The van der Waals surface area contributed by atoms with Gasteiger partial charge in [-0.2, -0.15) is 0 Å². The van der Waals surface area contributed by atoms with E-state index >= 15 is 0 Å².